The number of nitrogens with two attached hydrogens (primary N) is 1. The first-order chi connectivity index (χ1) is 14.2. The summed E-state index contributed by atoms with van der Waals surface area (Å²) in [5, 5.41) is 0.975. The first-order valence-corrected chi connectivity index (χ1v) is 10.6. The number of hydrogen-bond donors (Lipinski definition) is 1. The van der Waals surface area contributed by atoms with E-state index in [-0.39, 0.29) is 29.5 Å². The molecule has 1 saturated carbocycles. The van der Waals surface area contributed by atoms with Gasteiger partial charge in [-0.15, -0.1) is 0 Å². The summed E-state index contributed by atoms with van der Waals surface area (Å²) in [6, 6.07) is 11.9. The Kier molecular flexibility index (Phi) is 7.05. The van der Waals surface area contributed by atoms with E-state index in [1.165, 1.54) is 12.1 Å². The maximum atomic E-state index is 12.6. The van der Waals surface area contributed by atoms with Crippen LogP contribution in [0.4, 0.5) is 8.78 Å². The van der Waals surface area contributed by atoms with Crippen molar-refractivity contribution in [3.05, 3.63) is 63.6 Å². The lowest BCUT2D eigenvalue weighted by atomic mass is 9.55. The van der Waals surface area contributed by atoms with Gasteiger partial charge in [-0.2, -0.15) is 8.78 Å². The van der Waals surface area contributed by atoms with Gasteiger partial charge >= 0.3 is 6.61 Å². The van der Waals surface area contributed by atoms with E-state index >= 15 is 0 Å². The minimum Gasteiger partial charge on any atom is -0.435 e. The summed E-state index contributed by atoms with van der Waals surface area (Å²) in [6.07, 6.45) is 2.38. The van der Waals surface area contributed by atoms with Crippen molar-refractivity contribution in [1.82, 2.24) is 0 Å². The largest absolute Gasteiger partial charge is 0.435 e. The molecule has 5 unspecified atom stereocenters. The first kappa shape index (κ1) is 23.0. The molecule has 1 aliphatic carbocycles. The average molecular weight is 456 g/mol. The van der Waals surface area contributed by atoms with Gasteiger partial charge in [0, 0.05) is 21.5 Å². The maximum absolute atomic E-state index is 12.6. The van der Waals surface area contributed by atoms with Crippen LogP contribution in [0.15, 0.2) is 42.5 Å². The Morgan fingerprint density at radius 1 is 1.20 bits per heavy atom. The normalized spacial score (nSPS) is 27.7. The van der Waals surface area contributed by atoms with Crippen LogP contribution < -0.4 is 10.5 Å². The molecule has 0 amide bonds. The van der Waals surface area contributed by atoms with Crippen molar-refractivity contribution in [2.24, 2.45) is 17.1 Å². The predicted molar refractivity (Wildman–Crippen MR) is 116 cm³/mol. The fraction of sp³-hybridized carbons (Fsp3) is 0.435. The van der Waals surface area contributed by atoms with Gasteiger partial charge in [-0.05, 0) is 72.9 Å². The summed E-state index contributed by atoms with van der Waals surface area (Å²) in [5.74, 6) is -0.254. The van der Waals surface area contributed by atoms with Gasteiger partial charge in [0.15, 0.2) is 0 Å². The number of aldehydes is 1. The Bertz CT molecular complexity index is 891. The predicted octanol–water partition coefficient (Wildman–Crippen LogP) is 6.42. The number of ether oxygens (including phenoxy) is 1. The van der Waals surface area contributed by atoms with Crippen LogP contribution in [-0.4, -0.2) is 18.9 Å². The molecule has 162 valence electrons. The summed E-state index contributed by atoms with van der Waals surface area (Å²) in [5.41, 5.74) is 7.68. The quantitative estimate of drug-likeness (QED) is 0.510. The van der Waals surface area contributed by atoms with Crippen molar-refractivity contribution in [3.8, 4) is 5.75 Å². The summed E-state index contributed by atoms with van der Waals surface area (Å²) in [7, 11) is 0. The van der Waals surface area contributed by atoms with Gasteiger partial charge in [0.05, 0.1) is 0 Å². The smallest absolute Gasteiger partial charge is 0.387 e. The van der Waals surface area contributed by atoms with Gasteiger partial charge in [0.2, 0.25) is 0 Å². The minimum absolute atomic E-state index is 0.0130. The second-order valence-electron chi connectivity index (χ2n) is 8.29. The highest BCUT2D eigenvalue weighted by molar-refractivity contribution is 6.31. The number of rotatable bonds is 6. The Morgan fingerprint density at radius 3 is 2.40 bits per heavy atom. The van der Waals surface area contributed by atoms with E-state index in [0.717, 1.165) is 17.4 Å². The number of benzene rings is 2. The molecule has 0 radical (unpaired) electrons. The van der Waals surface area contributed by atoms with Crippen molar-refractivity contribution < 1.29 is 18.3 Å². The fourth-order valence-corrected chi connectivity index (χ4v) is 5.43. The topological polar surface area (TPSA) is 52.3 Å². The molecule has 0 bridgehead atoms. The number of carbonyl (C=O) groups is 1. The number of carbonyl (C=O) groups excluding carboxylic acids is 1. The molecule has 0 saturated heterocycles. The van der Waals surface area contributed by atoms with E-state index in [9.17, 15) is 13.6 Å². The summed E-state index contributed by atoms with van der Waals surface area (Å²) < 4.78 is 29.6. The molecule has 0 spiro atoms. The van der Waals surface area contributed by atoms with Crippen LogP contribution in [0.2, 0.25) is 10.0 Å². The number of alkyl halides is 2. The number of halogens is 4. The highest BCUT2D eigenvalue weighted by Crippen LogP contribution is 2.56. The summed E-state index contributed by atoms with van der Waals surface area (Å²) in [4.78, 5) is 12.1. The lowest BCUT2D eigenvalue weighted by molar-refractivity contribution is -0.121. The van der Waals surface area contributed by atoms with Crippen molar-refractivity contribution in [2.45, 2.75) is 51.2 Å². The molecule has 3 nitrogen and oxygen atoms in total. The summed E-state index contributed by atoms with van der Waals surface area (Å²) >= 11 is 12.6. The monoisotopic (exact) mass is 455 g/mol. The SMILES string of the molecule is CC(N)C1C(c2ccc(Cl)cc2)C(c2ccc(OC(F)F)cc2Cl)CCC1(C)C=O. The van der Waals surface area contributed by atoms with Crippen molar-refractivity contribution >= 4 is 29.5 Å². The third-order valence-corrected chi connectivity index (χ3v) is 6.84. The molecule has 0 aromatic heterocycles. The van der Waals surface area contributed by atoms with Crippen LogP contribution in [0.1, 0.15) is 49.7 Å². The van der Waals surface area contributed by atoms with E-state index in [1.807, 2.05) is 38.1 Å². The van der Waals surface area contributed by atoms with Crippen LogP contribution >= 0.6 is 23.2 Å². The molecular formula is C23H25Cl2F2NO2. The second kappa shape index (κ2) is 9.21. The highest BCUT2D eigenvalue weighted by atomic mass is 35.5. The van der Waals surface area contributed by atoms with Gasteiger partial charge in [-0.25, -0.2) is 0 Å². The third-order valence-electron chi connectivity index (χ3n) is 6.26. The molecular weight excluding hydrogens is 431 g/mol. The average Bonchev–Trinajstić information content (AvgIpc) is 2.68. The van der Waals surface area contributed by atoms with Crippen molar-refractivity contribution in [2.75, 3.05) is 0 Å². The Labute approximate surface area is 185 Å². The van der Waals surface area contributed by atoms with Crippen LogP contribution in [0.5, 0.6) is 5.75 Å². The zero-order valence-electron chi connectivity index (χ0n) is 16.8. The number of hydrogen-bond acceptors (Lipinski definition) is 3. The van der Waals surface area contributed by atoms with Gasteiger partial charge in [0.1, 0.15) is 12.0 Å². The van der Waals surface area contributed by atoms with Gasteiger partial charge < -0.3 is 15.3 Å². The van der Waals surface area contributed by atoms with Crippen molar-refractivity contribution in [1.29, 1.82) is 0 Å². The van der Waals surface area contributed by atoms with Crippen LogP contribution in [-0.2, 0) is 4.79 Å². The Balaban J connectivity index is 2.10. The molecule has 3 rings (SSSR count). The minimum atomic E-state index is -2.92. The van der Waals surface area contributed by atoms with Crippen LogP contribution in [0.25, 0.3) is 0 Å². The molecule has 30 heavy (non-hydrogen) atoms. The van der Waals surface area contributed by atoms with E-state index in [2.05, 4.69) is 4.74 Å². The van der Waals surface area contributed by atoms with Crippen molar-refractivity contribution in [3.63, 3.8) is 0 Å². The molecule has 1 aliphatic rings. The highest BCUT2D eigenvalue weighted by Gasteiger charge is 2.49. The fourth-order valence-electron chi connectivity index (χ4n) is 5.00. The molecule has 2 aromatic rings. The molecule has 7 heteroatoms. The zero-order chi connectivity index (χ0) is 22.1. The van der Waals surface area contributed by atoms with Crippen LogP contribution in [0.3, 0.4) is 0 Å². The van der Waals surface area contributed by atoms with Gasteiger partial charge in [-0.3, -0.25) is 0 Å². The molecule has 2 aromatic carbocycles. The first-order valence-electron chi connectivity index (χ1n) is 9.88. The third kappa shape index (κ3) is 4.63. The summed E-state index contributed by atoms with van der Waals surface area (Å²) in [6.45, 7) is 0.951. The molecule has 1 fully saturated rings. The Hall–Kier alpha value is -1.69. The second-order valence-corrected chi connectivity index (χ2v) is 9.14. The van der Waals surface area contributed by atoms with Crippen LogP contribution in [0, 0.1) is 11.3 Å². The van der Waals surface area contributed by atoms with E-state index in [4.69, 9.17) is 28.9 Å². The van der Waals surface area contributed by atoms with Gasteiger partial charge in [0.25, 0.3) is 0 Å². The molecule has 5 atom stereocenters. The van der Waals surface area contributed by atoms with E-state index in [0.29, 0.717) is 22.9 Å². The molecule has 2 N–H and O–H groups in total. The van der Waals surface area contributed by atoms with E-state index in [1.54, 1.807) is 6.07 Å². The lowest BCUT2D eigenvalue weighted by Gasteiger charge is -2.49. The lowest BCUT2D eigenvalue weighted by Crippen LogP contribution is -2.48. The molecule has 0 aliphatic heterocycles. The van der Waals surface area contributed by atoms with E-state index < -0.39 is 12.0 Å². The zero-order valence-corrected chi connectivity index (χ0v) is 18.3. The molecule has 0 heterocycles. The maximum Gasteiger partial charge on any atom is 0.387 e. The van der Waals surface area contributed by atoms with Gasteiger partial charge in [-0.1, -0.05) is 48.3 Å². The Morgan fingerprint density at radius 2 is 1.87 bits per heavy atom. The standard InChI is InChI=1S/C23H25Cl2F2NO2/c1-13(28)21-20(14-3-5-15(24)6-4-14)18(9-10-23(21,2)12-29)17-8-7-16(11-19(17)25)30-22(26)27/h3-8,11-13,18,20-22H,9-10,28H2,1-2H3.